The molecule has 0 heterocycles. The minimum absolute atomic E-state index is 0.00497. The van der Waals surface area contributed by atoms with E-state index in [-0.39, 0.29) is 27.1 Å². The fourth-order valence-corrected chi connectivity index (χ4v) is 2.13. The summed E-state index contributed by atoms with van der Waals surface area (Å²) in [5.41, 5.74) is 5.49. The Morgan fingerprint density at radius 2 is 1.71 bits per heavy atom. The second kappa shape index (κ2) is 5.75. The number of hydrogen-bond donors (Lipinski definition) is 3. The number of rotatable bonds is 3. The fourth-order valence-electron chi connectivity index (χ4n) is 1.65. The molecule has 0 spiro atoms. The normalized spacial score (nSPS) is 10.5. The summed E-state index contributed by atoms with van der Waals surface area (Å²) in [6, 6.07) is 4.38. The topological polar surface area (TPSA) is 75.4 Å². The van der Waals surface area contributed by atoms with Crippen molar-refractivity contribution in [3.8, 4) is 0 Å². The number of carboxylic acid groups (broad SMARTS) is 1. The zero-order valence-electron chi connectivity index (χ0n) is 10.3. The number of aromatic carboxylic acids is 1. The molecule has 2 aromatic rings. The van der Waals surface area contributed by atoms with Gasteiger partial charge in [0.05, 0.1) is 27.0 Å². The van der Waals surface area contributed by atoms with E-state index in [1.54, 1.807) is 0 Å². The first-order valence-electron chi connectivity index (χ1n) is 5.53. The Morgan fingerprint density at radius 1 is 1.14 bits per heavy atom. The van der Waals surface area contributed by atoms with E-state index in [1.165, 1.54) is 12.1 Å². The smallest absolute Gasteiger partial charge is 0.338 e. The van der Waals surface area contributed by atoms with E-state index >= 15 is 0 Å². The van der Waals surface area contributed by atoms with Crippen molar-refractivity contribution in [2.45, 2.75) is 0 Å². The fraction of sp³-hybridized carbons (Fsp3) is 0. The SMILES string of the molecule is Nc1cc(C(=O)O)c(F)cc1Nc1cc(Cl)c(F)c(Cl)c1. The third kappa shape index (κ3) is 3.17. The van der Waals surface area contributed by atoms with Crippen LogP contribution >= 0.6 is 23.2 Å². The first kappa shape index (κ1) is 15.3. The van der Waals surface area contributed by atoms with Crippen molar-refractivity contribution in [3.05, 3.63) is 51.5 Å². The quantitative estimate of drug-likeness (QED) is 0.578. The maximum Gasteiger partial charge on any atom is 0.338 e. The number of benzene rings is 2. The van der Waals surface area contributed by atoms with Gasteiger partial charge < -0.3 is 16.2 Å². The standard InChI is InChI=1S/C13H8Cl2F2N2O2/c14-7-1-5(2-8(15)12(7)17)19-11-4-9(16)6(13(20)21)3-10(11)18/h1-4,19H,18H2,(H,20,21). The van der Waals surface area contributed by atoms with Crippen LogP contribution in [-0.2, 0) is 0 Å². The molecule has 0 radical (unpaired) electrons. The second-order valence-electron chi connectivity index (χ2n) is 4.10. The molecule has 4 nitrogen and oxygen atoms in total. The van der Waals surface area contributed by atoms with E-state index in [4.69, 9.17) is 34.0 Å². The molecule has 21 heavy (non-hydrogen) atoms. The Morgan fingerprint density at radius 3 is 2.24 bits per heavy atom. The maximum atomic E-state index is 13.6. The van der Waals surface area contributed by atoms with Gasteiger partial charge >= 0.3 is 5.97 Å². The Labute approximate surface area is 128 Å². The zero-order valence-corrected chi connectivity index (χ0v) is 11.8. The monoisotopic (exact) mass is 332 g/mol. The molecule has 8 heteroatoms. The van der Waals surface area contributed by atoms with Gasteiger partial charge in [-0.1, -0.05) is 23.2 Å². The van der Waals surface area contributed by atoms with Gasteiger partial charge in [0, 0.05) is 11.8 Å². The van der Waals surface area contributed by atoms with Crippen LogP contribution in [0.5, 0.6) is 0 Å². The lowest BCUT2D eigenvalue weighted by atomic mass is 10.1. The summed E-state index contributed by atoms with van der Waals surface area (Å²) in [7, 11) is 0. The molecule has 0 aliphatic carbocycles. The van der Waals surface area contributed by atoms with Crippen molar-refractivity contribution >= 4 is 46.2 Å². The van der Waals surface area contributed by atoms with Crippen LogP contribution in [0.3, 0.4) is 0 Å². The molecule has 0 aromatic heterocycles. The van der Waals surface area contributed by atoms with Gasteiger partial charge in [0.2, 0.25) is 0 Å². The van der Waals surface area contributed by atoms with Crippen LogP contribution in [0.4, 0.5) is 25.8 Å². The molecule has 0 saturated carbocycles. The molecule has 0 unspecified atom stereocenters. The number of carbonyl (C=O) groups is 1. The van der Waals surface area contributed by atoms with Gasteiger partial charge in [-0.05, 0) is 18.2 Å². The van der Waals surface area contributed by atoms with Gasteiger partial charge in [0.15, 0.2) is 5.82 Å². The predicted molar refractivity (Wildman–Crippen MR) is 77.5 cm³/mol. The van der Waals surface area contributed by atoms with Gasteiger partial charge in [-0.15, -0.1) is 0 Å². The van der Waals surface area contributed by atoms with Gasteiger partial charge in [-0.3, -0.25) is 0 Å². The van der Waals surface area contributed by atoms with Crippen molar-refractivity contribution < 1.29 is 18.7 Å². The number of nitrogen functional groups attached to an aromatic ring is 1. The summed E-state index contributed by atoms with van der Waals surface area (Å²) in [5, 5.41) is 11.0. The lowest BCUT2D eigenvalue weighted by Gasteiger charge is -2.12. The first-order chi connectivity index (χ1) is 9.79. The molecule has 0 atom stereocenters. The molecule has 4 N–H and O–H groups in total. The Bertz CT molecular complexity index is 715. The average molecular weight is 333 g/mol. The van der Waals surface area contributed by atoms with Crippen LogP contribution in [-0.4, -0.2) is 11.1 Å². The van der Waals surface area contributed by atoms with Crippen molar-refractivity contribution in [3.63, 3.8) is 0 Å². The van der Waals surface area contributed by atoms with E-state index < -0.39 is 23.2 Å². The largest absolute Gasteiger partial charge is 0.478 e. The summed E-state index contributed by atoms with van der Waals surface area (Å²) in [6.07, 6.45) is 0. The number of halogens is 4. The van der Waals surface area contributed by atoms with Crippen LogP contribution in [0, 0.1) is 11.6 Å². The highest BCUT2D eigenvalue weighted by Crippen LogP contribution is 2.31. The van der Waals surface area contributed by atoms with Crippen LogP contribution in [0.1, 0.15) is 10.4 Å². The highest BCUT2D eigenvalue weighted by atomic mass is 35.5. The third-order valence-electron chi connectivity index (χ3n) is 2.63. The first-order valence-corrected chi connectivity index (χ1v) is 6.29. The molecule has 110 valence electrons. The zero-order chi connectivity index (χ0) is 15.7. The third-order valence-corrected chi connectivity index (χ3v) is 3.18. The highest BCUT2D eigenvalue weighted by molar-refractivity contribution is 6.35. The Balaban J connectivity index is 2.41. The van der Waals surface area contributed by atoms with E-state index in [9.17, 15) is 13.6 Å². The molecule has 0 saturated heterocycles. The van der Waals surface area contributed by atoms with Crippen LogP contribution < -0.4 is 11.1 Å². The molecule has 0 fully saturated rings. The summed E-state index contributed by atoms with van der Waals surface area (Å²) in [4.78, 5) is 10.8. The van der Waals surface area contributed by atoms with Crippen molar-refractivity contribution in [1.29, 1.82) is 0 Å². The molecule has 0 bridgehead atoms. The number of anilines is 3. The lowest BCUT2D eigenvalue weighted by Crippen LogP contribution is -2.05. The number of hydrogen-bond acceptors (Lipinski definition) is 3. The van der Waals surface area contributed by atoms with Gasteiger partial charge in [-0.25, -0.2) is 13.6 Å². The van der Waals surface area contributed by atoms with E-state index in [0.717, 1.165) is 12.1 Å². The summed E-state index contributed by atoms with van der Waals surface area (Å²) in [5.74, 6) is -3.17. The maximum absolute atomic E-state index is 13.6. The van der Waals surface area contributed by atoms with E-state index in [2.05, 4.69) is 5.32 Å². The van der Waals surface area contributed by atoms with Crippen molar-refractivity contribution in [2.24, 2.45) is 0 Å². The number of nitrogens with one attached hydrogen (secondary N) is 1. The molecule has 2 rings (SSSR count). The second-order valence-corrected chi connectivity index (χ2v) is 4.92. The molecule has 0 aliphatic heterocycles. The lowest BCUT2D eigenvalue weighted by molar-refractivity contribution is 0.0692. The Hall–Kier alpha value is -2.05. The van der Waals surface area contributed by atoms with Gasteiger partial charge in [0.25, 0.3) is 0 Å². The van der Waals surface area contributed by atoms with Crippen LogP contribution in [0.15, 0.2) is 24.3 Å². The number of carboxylic acids is 1. The van der Waals surface area contributed by atoms with Crippen LogP contribution in [0.2, 0.25) is 10.0 Å². The van der Waals surface area contributed by atoms with Crippen molar-refractivity contribution in [2.75, 3.05) is 11.1 Å². The number of nitrogens with two attached hydrogens (primary N) is 1. The minimum atomic E-state index is -1.43. The molecular weight excluding hydrogens is 325 g/mol. The van der Waals surface area contributed by atoms with E-state index in [1.807, 2.05) is 0 Å². The molecule has 2 aromatic carbocycles. The molecule has 0 amide bonds. The van der Waals surface area contributed by atoms with E-state index in [0.29, 0.717) is 0 Å². The van der Waals surface area contributed by atoms with Crippen molar-refractivity contribution in [1.82, 2.24) is 0 Å². The Kier molecular flexibility index (Phi) is 4.20. The summed E-state index contributed by atoms with van der Waals surface area (Å²) < 4.78 is 26.9. The van der Waals surface area contributed by atoms with Gasteiger partial charge in [0.1, 0.15) is 5.82 Å². The highest BCUT2D eigenvalue weighted by Gasteiger charge is 2.15. The molecular formula is C13H8Cl2F2N2O2. The molecule has 0 aliphatic rings. The van der Waals surface area contributed by atoms with Crippen LogP contribution in [0.25, 0.3) is 0 Å². The van der Waals surface area contributed by atoms with Gasteiger partial charge in [-0.2, -0.15) is 0 Å². The minimum Gasteiger partial charge on any atom is -0.478 e. The summed E-state index contributed by atoms with van der Waals surface area (Å²) in [6.45, 7) is 0. The average Bonchev–Trinajstić information content (AvgIpc) is 2.39. The summed E-state index contributed by atoms with van der Waals surface area (Å²) >= 11 is 11.3. The predicted octanol–water partition coefficient (Wildman–Crippen LogP) is 4.30.